The molecule has 0 aliphatic heterocycles. The summed E-state index contributed by atoms with van der Waals surface area (Å²) < 4.78 is 0. The number of carbonyl (C=O) groups is 1. The number of benzene rings is 4. The van der Waals surface area contributed by atoms with Crippen molar-refractivity contribution < 1.29 is 4.79 Å². The van der Waals surface area contributed by atoms with Gasteiger partial charge < -0.3 is 0 Å². The van der Waals surface area contributed by atoms with E-state index in [1.165, 1.54) is 0 Å². The van der Waals surface area contributed by atoms with Crippen LogP contribution in [0.2, 0.25) is 0 Å². The first-order valence-corrected chi connectivity index (χ1v) is 10.8. The number of carbonyl (C=O) groups excluding carboxylic acids is 1. The molecule has 0 bridgehead atoms. The Kier molecular flexibility index (Phi) is 7.38. The number of amides is 1. The van der Waals surface area contributed by atoms with Gasteiger partial charge in [0.05, 0.1) is 5.71 Å². The number of hydrazone groups is 1. The van der Waals surface area contributed by atoms with Crippen LogP contribution in [0.4, 0.5) is 0 Å². The number of nitrogens with zero attached hydrogens (tertiary/aromatic N) is 1. The molecule has 0 fully saturated rings. The SMILES string of the molecule is O=C(NN=C(/C=C/c1ccccc1)/C=C/c1ccccc1)c1ccc(-c2ccccc2)cc1. The molecule has 4 aromatic rings. The van der Waals surface area contributed by atoms with E-state index in [1.54, 1.807) is 0 Å². The Morgan fingerprint density at radius 3 is 1.55 bits per heavy atom. The highest BCUT2D eigenvalue weighted by Gasteiger charge is 2.05. The standard InChI is InChI=1S/C30H24N2O/c33-30(28-20-18-27(19-21-28)26-14-8-3-9-15-26)32-31-29(22-16-24-10-4-1-5-11-24)23-17-25-12-6-2-7-13-25/h1-23H,(H,32,33)/b22-16+,23-17+. The minimum atomic E-state index is -0.256. The van der Waals surface area contributed by atoms with E-state index in [0.717, 1.165) is 22.3 Å². The van der Waals surface area contributed by atoms with E-state index in [-0.39, 0.29) is 5.91 Å². The van der Waals surface area contributed by atoms with Gasteiger partial charge in [-0.3, -0.25) is 4.79 Å². The molecule has 0 atom stereocenters. The van der Waals surface area contributed by atoms with Gasteiger partial charge in [-0.05, 0) is 46.5 Å². The fourth-order valence-corrected chi connectivity index (χ4v) is 3.25. The van der Waals surface area contributed by atoms with Gasteiger partial charge in [-0.25, -0.2) is 5.43 Å². The summed E-state index contributed by atoms with van der Waals surface area (Å²) in [5, 5.41) is 4.35. The molecule has 1 N–H and O–H groups in total. The van der Waals surface area contributed by atoms with Gasteiger partial charge in [-0.15, -0.1) is 0 Å². The van der Waals surface area contributed by atoms with Gasteiger partial charge in [-0.2, -0.15) is 5.10 Å². The van der Waals surface area contributed by atoms with Crippen molar-refractivity contribution in [2.24, 2.45) is 5.10 Å². The predicted octanol–water partition coefficient (Wildman–Crippen LogP) is 6.87. The summed E-state index contributed by atoms with van der Waals surface area (Å²) in [6.07, 6.45) is 7.70. The van der Waals surface area contributed by atoms with Crippen molar-refractivity contribution in [3.05, 3.63) is 144 Å². The van der Waals surface area contributed by atoms with Crippen LogP contribution in [0.25, 0.3) is 23.3 Å². The molecule has 0 radical (unpaired) electrons. The van der Waals surface area contributed by atoms with Crippen molar-refractivity contribution in [2.45, 2.75) is 0 Å². The lowest BCUT2D eigenvalue weighted by Gasteiger charge is -2.04. The number of allylic oxidation sites excluding steroid dienone is 2. The van der Waals surface area contributed by atoms with Gasteiger partial charge in [-0.1, -0.05) is 115 Å². The lowest BCUT2D eigenvalue weighted by atomic mass is 10.0. The number of rotatable bonds is 7. The molecule has 3 nitrogen and oxygen atoms in total. The van der Waals surface area contributed by atoms with Crippen molar-refractivity contribution in [1.29, 1.82) is 0 Å². The molecule has 0 aliphatic carbocycles. The van der Waals surface area contributed by atoms with E-state index in [4.69, 9.17) is 0 Å². The van der Waals surface area contributed by atoms with E-state index in [9.17, 15) is 4.79 Å². The van der Waals surface area contributed by atoms with E-state index < -0.39 is 0 Å². The van der Waals surface area contributed by atoms with Gasteiger partial charge in [0.25, 0.3) is 5.91 Å². The fourth-order valence-electron chi connectivity index (χ4n) is 3.25. The van der Waals surface area contributed by atoms with Crippen molar-refractivity contribution in [3.8, 4) is 11.1 Å². The Morgan fingerprint density at radius 1 is 0.576 bits per heavy atom. The van der Waals surface area contributed by atoms with E-state index in [0.29, 0.717) is 11.3 Å². The zero-order valence-corrected chi connectivity index (χ0v) is 18.1. The molecule has 0 spiro atoms. The largest absolute Gasteiger partial charge is 0.271 e. The second kappa shape index (κ2) is 11.2. The summed E-state index contributed by atoms with van der Waals surface area (Å²) in [7, 11) is 0. The molecular weight excluding hydrogens is 404 g/mol. The molecule has 4 rings (SSSR count). The Labute approximate surface area is 194 Å². The Bertz CT molecular complexity index is 1210. The van der Waals surface area contributed by atoms with Crippen LogP contribution in [-0.4, -0.2) is 11.6 Å². The first-order chi connectivity index (χ1) is 16.3. The summed E-state index contributed by atoms with van der Waals surface area (Å²) in [4.78, 5) is 12.7. The Hall–Kier alpha value is -4.50. The third kappa shape index (κ3) is 6.49. The molecule has 0 heterocycles. The average molecular weight is 429 g/mol. The van der Waals surface area contributed by atoms with Crippen molar-refractivity contribution in [2.75, 3.05) is 0 Å². The predicted molar refractivity (Wildman–Crippen MR) is 138 cm³/mol. The number of hydrogen-bond donors (Lipinski definition) is 1. The van der Waals surface area contributed by atoms with E-state index in [2.05, 4.69) is 10.5 Å². The van der Waals surface area contributed by atoms with E-state index >= 15 is 0 Å². The molecule has 3 heteroatoms. The fraction of sp³-hybridized carbons (Fsp3) is 0. The Morgan fingerprint density at radius 2 is 1.03 bits per heavy atom. The van der Waals surface area contributed by atoms with E-state index in [1.807, 2.05) is 140 Å². The van der Waals surface area contributed by atoms with Crippen LogP contribution < -0.4 is 5.43 Å². The zero-order chi connectivity index (χ0) is 22.7. The van der Waals surface area contributed by atoms with Crippen LogP contribution in [0.5, 0.6) is 0 Å². The van der Waals surface area contributed by atoms with Crippen LogP contribution in [0.3, 0.4) is 0 Å². The lowest BCUT2D eigenvalue weighted by Crippen LogP contribution is -2.18. The van der Waals surface area contributed by atoms with Gasteiger partial charge in [0, 0.05) is 5.56 Å². The van der Waals surface area contributed by atoms with Crippen molar-refractivity contribution in [3.63, 3.8) is 0 Å². The van der Waals surface area contributed by atoms with Crippen LogP contribution in [0, 0.1) is 0 Å². The molecule has 0 unspecified atom stereocenters. The average Bonchev–Trinajstić information content (AvgIpc) is 2.90. The molecule has 0 aromatic heterocycles. The minimum Gasteiger partial charge on any atom is -0.267 e. The first kappa shape index (κ1) is 21.7. The zero-order valence-electron chi connectivity index (χ0n) is 18.1. The summed E-state index contributed by atoms with van der Waals surface area (Å²) in [5.74, 6) is -0.256. The summed E-state index contributed by atoms with van der Waals surface area (Å²) in [6, 6.07) is 37.5. The molecule has 160 valence electrons. The third-order valence-electron chi connectivity index (χ3n) is 5.03. The molecule has 0 aliphatic rings. The maximum atomic E-state index is 12.7. The van der Waals surface area contributed by atoms with Crippen LogP contribution in [0.15, 0.2) is 133 Å². The quantitative estimate of drug-likeness (QED) is 0.253. The monoisotopic (exact) mass is 428 g/mol. The minimum absolute atomic E-state index is 0.256. The number of hydrogen-bond acceptors (Lipinski definition) is 2. The normalized spacial score (nSPS) is 10.9. The van der Waals surface area contributed by atoms with Crippen LogP contribution in [-0.2, 0) is 0 Å². The van der Waals surface area contributed by atoms with Crippen molar-refractivity contribution >= 4 is 23.8 Å². The third-order valence-corrected chi connectivity index (χ3v) is 5.03. The molecular formula is C30H24N2O. The second-order valence-electron chi connectivity index (χ2n) is 7.41. The topological polar surface area (TPSA) is 41.5 Å². The highest BCUT2D eigenvalue weighted by molar-refractivity contribution is 6.09. The van der Waals surface area contributed by atoms with Crippen LogP contribution >= 0.6 is 0 Å². The second-order valence-corrected chi connectivity index (χ2v) is 7.41. The number of nitrogens with one attached hydrogen (secondary N) is 1. The van der Waals surface area contributed by atoms with Gasteiger partial charge in [0.2, 0.25) is 0 Å². The van der Waals surface area contributed by atoms with Crippen molar-refractivity contribution in [1.82, 2.24) is 5.43 Å². The summed E-state index contributed by atoms with van der Waals surface area (Å²) in [5.41, 5.74) is 8.16. The molecule has 0 saturated heterocycles. The molecule has 0 saturated carbocycles. The Balaban J connectivity index is 1.50. The first-order valence-electron chi connectivity index (χ1n) is 10.8. The highest BCUT2D eigenvalue weighted by Crippen LogP contribution is 2.19. The highest BCUT2D eigenvalue weighted by atomic mass is 16.2. The van der Waals surface area contributed by atoms with Gasteiger partial charge in [0.1, 0.15) is 0 Å². The molecule has 4 aromatic carbocycles. The van der Waals surface area contributed by atoms with Crippen LogP contribution in [0.1, 0.15) is 21.5 Å². The lowest BCUT2D eigenvalue weighted by molar-refractivity contribution is 0.0955. The smallest absolute Gasteiger partial charge is 0.267 e. The summed E-state index contributed by atoms with van der Waals surface area (Å²) in [6.45, 7) is 0. The summed E-state index contributed by atoms with van der Waals surface area (Å²) >= 11 is 0. The molecule has 1 amide bonds. The maximum absolute atomic E-state index is 12.7. The molecule has 33 heavy (non-hydrogen) atoms. The maximum Gasteiger partial charge on any atom is 0.271 e. The van der Waals surface area contributed by atoms with Gasteiger partial charge in [0.15, 0.2) is 0 Å². The van der Waals surface area contributed by atoms with Gasteiger partial charge >= 0.3 is 0 Å².